The van der Waals surface area contributed by atoms with E-state index < -0.39 is 0 Å². The molecule has 2 rings (SSSR count). The summed E-state index contributed by atoms with van der Waals surface area (Å²) in [6.07, 6.45) is 0.945. The van der Waals surface area contributed by atoms with Crippen LogP contribution in [0, 0.1) is 0 Å². The van der Waals surface area contributed by atoms with E-state index in [0.717, 1.165) is 20.7 Å². The van der Waals surface area contributed by atoms with Gasteiger partial charge in [-0.25, -0.2) is 0 Å². The highest BCUT2D eigenvalue weighted by atomic mass is 79.9. The summed E-state index contributed by atoms with van der Waals surface area (Å²) in [6, 6.07) is 9.63. The second-order valence-corrected chi connectivity index (χ2v) is 5.89. The average Bonchev–Trinajstić information content (AvgIpc) is 2.74. The molecular weight excluding hydrogens is 312 g/mol. The van der Waals surface area contributed by atoms with E-state index in [0.29, 0.717) is 12.8 Å². The van der Waals surface area contributed by atoms with Gasteiger partial charge in [-0.05, 0) is 39.7 Å². The zero-order valence-corrected chi connectivity index (χ0v) is 12.4. The van der Waals surface area contributed by atoms with Crippen LogP contribution < -0.4 is 4.74 Å². The Labute approximate surface area is 119 Å². The maximum Gasteiger partial charge on any atom is 0.142 e. The van der Waals surface area contributed by atoms with Gasteiger partial charge in [0.25, 0.3) is 0 Å². The number of carbonyl (C=O) groups excluding carboxylic acids is 1. The summed E-state index contributed by atoms with van der Waals surface area (Å²) in [5.41, 5.74) is 0.995. The summed E-state index contributed by atoms with van der Waals surface area (Å²) in [6.45, 7) is 0. The summed E-state index contributed by atoms with van der Waals surface area (Å²) in [7, 11) is 1.63. The molecule has 0 radical (unpaired) electrons. The number of rotatable bonds is 5. The molecule has 2 nitrogen and oxygen atoms in total. The van der Waals surface area contributed by atoms with Crippen LogP contribution in [0.2, 0.25) is 0 Å². The summed E-state index contributed by atoms with van der Waals surface area (Å²) in [4.78, 5) is 13.0. The molecule has 0 amide bonds. The first kappa shape index (κ1) is 13.3. The molecule has 94 valence electrons. The quantitative estimate of drug-likeness (QED) is 0.834. The van der Waals surface area contributed by atoms with Crippen molar-refractivity contribution in [2.45, 2.75) is 12.8 Å². The van der Waals surface area contributed by atoms with Gasteiger partial charge in [0.15, 0.2) is 0 Å². The molecule has 1 aromatic heterocycles. The van der Waals surface area contributed by atoms with Crippen molar-refractivity contribution in [1.29, 1.82) is 0 Å². The lowest BCUT2D eigenvalue weighted by atomic mass is 10.1. The number of halogens is 1. The number of Topliss-reactive ketones (excluding diaryl/α,β-unsaturated/α-hetero) is 1. The van der Waals surface area contributed by atoms with Crippen LogP contribution in [-0.2, 0) is 17.6 Å². The fraction of sp³-hybridized carbons (Fsp3) is 0.214. The van der Waals surface area contributed by atoms with E-state index in [1.54, 1.807) is 18.4 Å². The Morgan fingerprint density at radius 1 is 1.33 bits per heavy atom. The van der Waals surface area contributed by atoms with Crippen molar-refractivity contribution < 1.29 is 9.53 Å². The van der Waals surface area contributed by atoms with Crippen LogP contribution in [0.25, 0.3) is 0 Å². The monoisotopic (exact) mass is 324 g/mol. The van der Waals surface area contributed by atoms with E-state index in [1.165, 1.54) is 0 Å². The van der Waals surface area contributed by atoms with Crippen LogP contribution in [-0.4, -0.2) is 12.9 Å². The fourth-order valence-corrected chi connectivity index (χ4v) is 3.19. The highest BCUT2D eigenvalue weighted by molar-refractivity contribution is 9.10. The molecule has 1 heterocycles. The van der Waals surface area contributed by atoms with Crippen LogP contribution in [0.5, 0.6) is 5.75 Å². The second kappa shape index (κ2) is 6.16. The van der Waals surface area contributed by atoms with Gasteiger partial charge in [-0.2, -0.15) is 0 Å². The Balaban J connectivity index is 1.98. The van der Waals surface area contributed by atoms with E-state index in [1.807, 2.05) is 35.7 Å². The summed E-state index contributed by atoms with van der Waals surface area (Å²) >= 11 is 4.99. The van der Waals surface area contributed by atoms with Gasteiger partial charge >= 0.3 is 0 Å². The van der Waals surface area contributed by atoms with Gasteiger partial charge in [-0.3, -0.25) is 4.79 Å². The van der Waals surface area contributed by atoms with Crippen molar-refractivity contribution in [1.82, 2.24) is 0 Å². The molecule has 0 saturated carbocycles. The van der Waals surface area contributed by atoms with E-state index in [9.17, 15) is 4.79 Å². The van der Waals surface area contributed by atoms with Crippen molar-refractivity contribution >= 4 is 33.0 Å². The highest BCUT2D eigenvalue weighted by Gasteiger charge is 2.07. The van der Waals surface area contributed by atoms with Gasteiger partial charge in [0.1, 0.15) is 11.5 Å². The number of ketones is 1. The minimum atomic E-state index is 0.220. The molecule has 0 atom stereocenters. The van der Waals surface area contributed by atoms with Gasteiger partial charge in [0, 0.05) is 27.6 Å². The Morgan fingerprint density at radius 3 is 2.83 bits per heavy atom. The van der Waals surface area contributed by atoms with Gasteiger partial charge in [0.2, 0.25) is 0 Å². The number of carbonyl (C=O) groups is 1. The molecule has 2 aromatic rings. The maximum atomic E-state index is 11.9. The first-order valence-electron chi connectivity index (χ1n) is 5.55. The van der Waals surface area contributed by atoms with Crippen molar-refractivity contribution in [3.63, 3.8) is 0 Å². The molecule has 0 aliphatic carbocycles. The third-order valence-electron chi connectivity index (χ3n) is 2.53. The van der Waals surface area contributed by atoms with Crippen molar-refractivity contribution in [2.24, 2.45) is 0 Å². The Kier molecular flexibility index (Phi) is 4.55. The summed E-state index contributed by atoms with van der Waals surface area (Å²) in [5, 5.41) is 1.99. The molecular formula is C14H13BrO2S. The van der Waals surface area contributed by atoms with Gasteiger partial charge in [-0.15, -0.1) is 11.3 Å². The Bertz CT molecular complexity index is 548. The third-order valence-corrected chi connectivity index (χ3v) is 4.23. The van der Waals surface area contributed by atoms with E-state index in [2.05, 4.69) is 15.9 Å². The van der Waals surface area contributed by atoms with Gasteiger partial charge in [0.05, 0.1) is 7.11 Å². The molecule has 0 bridgehead atoms. The average molecular weight is 325 g/mol. The van der Waals surface area contributed by atoms with Crippen molar-refractivity contribution in [2.75, 3.05) is 7.11 Å². The van der Waals surface area contributed by atoms with Crippen LogP contribution in [0.4, 0.5) is 0 Å². The molecule has 0 aliphatic rings. The lowest BCUT2D eigenvalue weighted by molar-refractivity contribution is -0.117. The zero-order valence-electron chi connectivity index (χ0n) is 9.98. The smallest absolute Gasteiger partial charge is 0.142 e. The normalized spacial score (nSPS) is 10.3. The predicted octanol–water partition coefficient (Wildman–Crippen LogP) is 3.87. The van der Waals surface area contributed by atoms with Crippen LogP contribution >= 0.6 is 27.3 Å². The van der Waals surface area contributed by atoms with E-state index in [-0.39, 0.29) is 5.78 Å². The number of hydrogen-bond acceptors (Lipinski definition) is 3. The van der Waals surface area contributed by atoms with Gasteiger partial charge < -0.3 is 4.74 Å². The summed E-state index contributed by atoms with van der Waals surface area (Å²) < 4.78 is 6.18. The number of hydrogen-bond donors (Lipinski definition) is 0. The van der Waals surface area contributed by atoms with Crippen molar-refractivity contribution in [3.8, 4) is 5.75 Å². The molecule has 0 fully saturated rings. The first-order chi connectivity index (χ1) is 8.67. The molecule has 0 spiro atoms. The van der Waals surface area contributed by atoms with Crippen molar-refractivity contribution in [3.05, 3.63) is 50.6 Å². The minimum Gasteiger partial charge on any atom is -0.497 e. The lowest BCUT2D eigenvalue weighted by Gasteiger charge is -2.03. The standard InChI is InChI=1S/C14H13BrO2S/c1-17-13-4-2-3-10(6-13)5-12(16)8-14-7-11(15)9-18-14/h2-4,6-7,9H,5,8H2,1H3. The highest BCUT2D eigenvalue weighted by Crippen LogP contribution is 2.21. The maximum absolute atomic E-state index is 11.9. The van der Waals surface area contributed by atoms with E-state index in [4.69, 9.17) is 4.74 Å². The van der Waals surface area contributed by atoms with Gasteiger partial charge in [-0.1, -0.05) is 12.1 Å². The molecule has 0 N–H and O–H groups in total. The number of methoxy groups -OCH3 is 1. The molecule has 1 aromatic carbocycles. The molecule has 4 heteroatoms. The molecule has 0 unspecified atom stereocenters. The largest absolute Gasteiger partial charge is 0.497 e. The third kappa shape index (κ3) is 3.68. The van der Waals surface area contributed by atoms with Crippen LogP contribution in [0.3, 0.4) is 0 Å². The Hall–Kier alpha value is -1.13. The summed E-state index contributed by atoms with van der Waals surface area (Å²) in [5.74, 6) is 1.01. The Morgan fingerprint density at radius 2 is 2.17 bits per heavy atom. The predicted molar refractivity (Wildman–Crippen MR) is 77.4 cm³/mol. The number of thiophene rings is 1. The van der Waals surface area contributed by atoms with E-state index >= 15 is 0 Å². The number of ether oxygens (including phenoxy) is 1. The topological polar surface area (TPSA) is 26.3 Å². The van der Waals surface area contributed by atoms with Crippen LogP contribution in [0.15, 0.2) is 40.2 Å². The first-order valence-corrected chi connectivity index (χ1v) is 7.22. The fourth-order valence-electron chi connectivity index (χ4n) is 1.71. The van der Waals surface area contributed by atoms with Crippen LogP contribution in [0.1, 0.15) is 10.4 Å². The molecule has 0 aliphatic heterocycles. The lowest BCUT2D eigenvalue weighted by Crippen LogP contribution is -2.05. The second-order valence-electron chi connectivity index (χ2n) is 3.97. The molecule has 0 saturated heterocycles. The minimum absolute atomic E-state index is 0.220. The SMILES string of the molecule is COc1cccc(CC(=O)Cc2cc(Br)cs2)c1. The molecule has 18 heavy (non-hydrogen) atoms. The number of benzene rings is 1. The zero-order chi connectivity index (χ0) is 13.0.